The third kappa shape index (κ3) is 3.30. The van der Waals surface area contributed by atoms with E-state index in [0.29, 0.717) is 11.8 Å². The van der Waals surface area contributed by atoms with Crippen molar-refractivity contribution in [2.24, 2.45) is 5.41 Å². The van der Waals surface area contributed by atoms with E-state index in [1.165, 1.54) is 17.5 Å². The van der Waals surface area contributed by atoms with E-state index in [9.17, 15) is 4.79 Å². The monoisotopic (exact) mass is 362 g/mol. The van der Waals surface area contributed by atoms with Crippen LogP contribution in [-0.4, -0.2) is 37.0 Å². The molecule has 1 amide bonds. The van der Waals surface area contributed by atoms with Crippen LogP contribution in [0.5, 0.6) is 0 Å². The Morgan fingerprint density at radius 2 is 2.00 bits per heavy atom. The van der Waals surface area contributed by atoms with E-state index >= 15 is 0 Å². The molecule has 0 radical (unpaired) electrons. The number of furan rings is 1. The van der Waals surface area contributed by atoms with Crippen LogP contribution in [0.1, 0.15) is 36.0 Å². The molecule has 2 fully saturated rings. The lowest BCUT2D eigenvalue weighted by Crippen LogP contribution is -2.44. The average molecular weight is 363 g/mol. The number of rotatable bonds is 2. The lowest BCUT2D eigenvalue weighted by molar-refractivity contribution is -0.132. The first-order valence-corrected chi connectivity index (χ1v) is 9.03. The second kappa shape index (κ2) is 7.00. The Labute approximate surface area is 155 Å². The number of nitrogens with one attached hydrogen (secondary N) is 1. The van der Waals surface area contributed by atoms with Crippen molar-refractivity contribution in [2.45, 2.75) is 39.5 Å². The quantitative estimate of drug-likeness (QED) is 0.887. The van der Waals surface area contributed by atoms with Gasteiger partial charge in [-0.05, 0) is 56.2 Å². The van der Waals surface area contributed by atoms with Crippen LogP contribution in [0.2, 0.25) is 0 Å². The molecular formula is C20H27ClN2O2. The fourth-order valence-electron chi connectivity index (χ4n) is 4.25. The number of hydrogen-bond donors (Lipinski definition) is 1. The third-order valence-electron chi connectivity index (χ3n) is 6.19. The smallest absolute Gasteiger partial charge is 0.227 e. The molecule has 2 aliphatic heterocycles. The molecule has 4 nitrogen and oxygen atoms in total. The lowest BCUT2D eigenvalue weighted by atomic mass is 9.78. The zero-order valence-corrected chi connectivity index (χ0v) is 15.9. The highest BCUT2D eigenvalue weighted by Crippen LogP contribution is 2.37. The minimum Gasteiger partial charge on any atom is -0.464 e. The third-order valence-corrected chi connectivity index (χ3v) is 6.19. The maximum atomic E-state index is 12.7. The van der Waals surface area contributed by atoms with Gasteiger partial charge in [-0.2, -0.15) is 0 Å². The minimum atomic E-state index is 0. The average Bonchev–Trinajstić information content (AvgIpc) is 3.20. The molecule has 5 heteroatoms. The van der Waals surface area contributed by atoms with Gasteiger partial charge in [0.2, 0.25) is 5.91 Å². The number of piperidine rings is 1. The predicted octanol–water partition coefficient (Wildman–Crippen LogP) is 3.62. The second-order valence-electron chi connectivity index (χ2n) is 7.63. The van der Waals surface area contributed by atoms with E-state index in [1.807, 2.05) is 4.90 Å². The van der Waals surface area contributed by atoms with Crippen LogP contribution < -0.4 is 5.32 Å². The summed E-state index contributed by atoms with van der Waals surface area (Å²) in [4.78, 5) is 14.8. The number of halogens is 1. The number of fused-ring (bicyclic) bond motifs is 1. The first-order valence-electron chi connectivity index (χ1n) is 9.03. The molecular weight excluding hydrogens is 336 g/mol. The maximum Gasteiger partial charge on any atom is 0.227 e. The summed E-state index contributed by atoms with van der Waals surface area (Å²) in [6, 6.07) is 4.19. The molecule has 4 rings (SSSR count). The summed E-state index contributed by atoms with van der Waals surface area (Å²) in [6.07, 6.45) is 5.74. The van der Waals surface area contributed by atoms with Gasteiger partial charge in [0.15, 0.2) is 0 Å². The van der Waals surface area contributed by atoms with Crippen LogP contribution in [0.15, 0.2) is 22.8 Å². The van der Waals surface area contributed by atoms with E-state index in [-0.39, 0.29) is 18.3 Å². The summed E-state index contributed by atoms with van der Waals surface area (Å²) in [6.45, 7) is 8.21. The topological polar surface area (TPSA) is 45.5 Å². The van der Waals surface area contributed by atoms with Gasteiger partial charge in [-0.1, -0.05) is 12.1 Å². The molecule has 25 heavy (non-hydrogen) atoms. The van der Waals surface area contributed by atoms with E-state index in [2.05, 4.69) is 31.3 Å². The van der Waals surface area contributed by atoms with Gasteiger partial charge in [-0.15, -0.1) is 12.4 Å². The van der Waals surface area contributed by atoms with Crippen LogP contribution in [0.25, 0.3) is 11.0 Å². The van der Waals surface area contributed by atoms with Crippen molar-refractivity contribution in [3.05, 3.63) is 35.1 Å². The van der Waals surface area contributed by atoms with Crippen molar-refractivity contribution < 1.29 is 9.21 Å². The molecule has 0 aliphatic carbocycles. The van der Waals surface area contributed by atoms with Crippen LogP contribution in [-0.2, 0) is 11.2 Å². The van der Waals surface area contributed by atoms with E-state index in [4.69, 9.17) is 4.42 Å². The van der Waals surface area contributed by atoms with Gasteiger partial charge in [0.25, 0.3) is 0 Å². The number of carbonyl (C=O) groups is 1. The van der Waals surface area contributed by atoms with Crippen molar-refractivity contribution >= 4 is 29.3 Å². The number of nitrogens with zero attached hydrogens (tertiary/aromatic N) is 1. The molecule has 1 N–H and O–H groups in total. The highest BCUT2D eigenvalue weighted by molar-refractivity contribution is 5.89. The zero-order chi connectivity index (χ0) is 16.7. The number of benzene rings is 1. The summed E-state index contributed by atoms with van der Waals surface area (Å²) in [5, 5.41) is 4.56. The molecule has 2 aliphatic rings. The number of carbonyl (C=O) groups excluding carboxylic acids is 1. The Kier molecular flexibility index (Phi) is 5.12. The summed E-state index contributed by atoms with van der Waals surface area (Å²) in [7, 11) is 0. The Balaban J connectivity index is 0.00000182. The summed E-state index contributed by atoms with van der Waals surface area (Å²) in [5.41, 5.74) is 4.78. The lowest BCUT2D eigenvalue weighted by Gasteiger charge is -2.38. The summed E-state index contributed by atoms with van der Waals surface area (Å²) in [5.74, 6) is 0.233. The molecule has 0 atom stereocenters. The molecule has 2 saturated heterocycles. The highest BCUT2D eigenvalue weighted by Gasteiger charge is 2.38. The Morgan fingerprint density at radius 3 is 2.68 bits per heavy atom. The SMILES string of the molecule is Cc1ccc2c(CC(=O)N3CCC4(CCNC4)CC3)coc2c1C.Cl. The number of amides is 1. The maximum absolute atomic E-state index is 12.7. The molecule has 2 aromatic rings. The van der Waals surface area contributed by atoms with Gasteiger partial charge < -0.3 is 14.6 Å². The first-order chi connectivity index (χ1) is 11.6. The second-order valence-corrected chi connectivity index (χ2v) is 7.63. The van der Waals surface area contributed by atoms with E-state index in [1.54, 1.807) is 6.26 Å². The van der Waals surface area contributed by atoms with Crippen molar-refractivity contribution in [3.63, 3.8) is 0 Å². The molecule has 1 aromatic heterocycles. The van der Waals surface area contributed by atoms with Gasteiger partial charge >= 0.3 is 0 Å². The number of likely N-dealkylation sites (tertiary alicyclic amines) is 1. The Hall–Kier alpha value is -1.52. The predicted molar refractivity (Wildman–Crippen MR) is 102 cm³/mol. The summed E-state index contributed by atoms with van der Waals surface area (Å²) >= 11 is 0. The molecule has 1 aromatic carbocycles. The fraction of sp³-hybridized carbons (Fsp3) is 0.550. The molecule has 0 saturated carbocycles. The normalized spacial score (nSPS) is 19.4. The van der Waals surface area contributed by atoms with Crippen molar-refractivity contribution in [2.75, 3.05) is 26.2 Å². The van der Waals surface area contributed by atoms with Gasteiger partial charge in [-0.3, -0.25) is 4.79 Å². The number of hydrogen-bond acceptors (Lipinski definition) is 3. The van der Waals surface area contributed by atoms with Gasteiger partial charge in [-0.25, -0.2) is 0 Å². The van der Waals surface area contributed by atoms with Gasteiger partial charge in [0, 0.05) is 30.6 Å². The number of aryl methyl sites for hydroxylation is 2. The van der Waals surface area contributed by atoms with Gasteiger partial charge in [0.05, 0.1) is 12.7 Å². The molecule has 0 bridgehead atoms. The largest absolute Gasteiger partial charge is 0.464 e. The molecule has 1 spiro atoms. The van der Waals surface area contributed by atoms with Crippen LogP contribution in [0.3, 0.4) is 0 Å². The highest BCUT2D eigenvalue weighted by atomic mass is 35.5. The van der Waals surface area contributed by atoms with Crippen LogP contribution in [0.4, 0.5) is 0 Å². The van der Waals surface area contributed by atoms with Crippen LogP contribution in [0, 0.1) is 19.3 Å². The van der Waals surface area contributed by atoms with Gasteiger partial charge in [0.1, 0.15) is 5.58 Å². The standard InChI is InChI=1S/C20H26N2O2.ClH/c1-14-3-4-17-16(12-24-19(17)15(14)2)11-18(23)22-9-6-20(7-10-22)5-8-21-13-20;/h3-4,12,21H,5-11,13H2,1-2H3;1H. The molecule has 0 unspecified atom stereocenters. The molecule has 136 valence electrons. The Morgan fingerprint density at radius 1 is 1.24 bits per heavy atom. The van der Waals surface area contributed by atoms with Crippen LogP contribution >= 0.6 is 12.4 Å². The fourth-order valence-corrected chi connectivity index (χ4v) is 4.25. The van der Waals surface area contributed by atoms with E-state index in [0.717, 1.165) is 55.6 Å². The Bertz CT molecular complexity index is 767. The minimum absolute atomic E-state index is 0. The van der Waals surface area contributed by atoms with Crippen molar-refractivity contribution in [3.8, 4) is 0 Å². The van der Waals surface area contributed by atoms with Crippen molar-refractivity contribution in [1.29, 1.82) is 0 Å². The van der Waals surface area contributed by atoms with E-state index < -0.39 is 0 Å². The first kappa shape index (κ1) is 18.3. The van der Waals surface area contributed by atoms with Crippen molar-refractivity contribution in [1.82, 2.24) is 10.2 Å². The molecule has 3 heterocycles. The summed E-state index contributed by atoms with van der Waals surface area (Å²) < 4.78 is 5.75. The zero-order valence-electron chi connectivity index (χ0n) is 15.1.